The first-order valence-electron chi connectivity index (χ1n) is 5.67. The summed E-state index contributed by atoms with van der Waals surface area (Å²) in [6.07, 6.45) is 1.58. The summed E-state index contributed by atoms with van der Waals surface area (Å²) in [5.41, 5.74) is 1.32. The van der Waals surface area contributed by atoms with Crippen molar-refractivity contribution in [2.24, 2.45) is 0 Å². The maximum absolute atomic E-state index is 10.3. The molecular weight excluding hydrogens is 283 g/mol. The maximum atomic E-state index is 10.3. The summed E-state index contributed by atoms with van der Waals surface area (Å²) in [7, 11) is 0. The van der Waals surface area contributed by atoms with Crippen LogP contribution < -0.4 is 5.30 Å². The highest BCUT2D eigenvalue weighted by Gasteiger charge is 2.23. The summed E-state index contributed by atoms with van der Waals surface area (Å²) in [6, 6.07) is 10.7. The first kappa shape index (κ1) is 14.2. The van der Waals surface area contributed by atoms with Crippen molar-refractivity contribution in [1.29, 1.82) is 0 Å². The molecule has 5 nitrogen and oxygen atoms in total. The Kier molecular flexibility index (Phi) is 4.74. The normalized spacial score (nSPS) is 14.0. The van der Waals surface area contributed by atoms with Gasteiger partial charge in [-0.1, -0.05) is 18.2 Å². The lowest BCUT2D eigenvalue weighted by molar-refractivity contribution is -0.200. The van der Waals surface area contributed by atoms with Gasteiger partial charge in [0.15, 0.2) is 0 Å². The molecule has 2 aromatic rings. The van der Waals surface area contributed by atoms with Crippen LogP contribution in [0.15, 0.2) is 42.6 Å². The average Bonchev–Trinajstić information content (AvgIpc) is 2.46. The highest BCUT2D eigenvalue weighted by Crippen LogP contribution is 2.44. The number of rotatable bonds is 5. The highest BCUT2D eigenvalue weighted by atomic mass is 32.5. The molecule has 1 unspecified atom stereocenters. The Hall–Kier alpha value is -1.17. The molecular formula is C12H13N2O3PS. The van der Waals surface area contributed by atoms with Crippen LogP contribution in [0.25, 0.3) is 11.3 Å². The van der Waals surface area contributed by atoms with E-state index >= 15 is 0 Å². The fourth-order valence-electron chi connectivity index (χ4n) is 1.55. The van der Waals surface area contributed by atoms with E-state index in [2.05, 4.69) is 10.2 Å². The van der Waals surface area contributed by atoms with E-state index in [1.54, 1.807) is 37.4 Å². The van der Waals surface area contributed by atoms with Gasteiger partial charge in [0.25, 0.3) is 0 Å². The van der Waals surface area contributed by atoms with E-state index in [4.69, 9.17) is 21.4 Å². The second-order valence-corrected chi connectivity index (χ2v) is 6.78. The SMILES string of the molecule is CCOOP(O)(=S)c1ccccc1-c1cccnn1. The molecule has 0 fully saturated rings. The fraction of sp³-hybridized carbons (Fsp3) is 0.167. The quantitative estimate of drug-likeness (QED) is 0.517. The highest BCUT2D eigenvalue weighted by molar-refractivity contribution is 8.13. The van der Waals surface area contributed by atoms with Crippen LogP contribution in [0, 0.1) is 0 Å². The molecule has 19 heavy (non-hydrogen) atoms. The van der Waals surface area contributed by atoms with Crippen LogP contribution in [0.3, 0.4) is 0 Å². The van der Waals surface area contributed by atoms with Crippen molar-refractivity contribution in [3.8, 4) is 11.3 Å². The minimum absolute atomic E-state index is 0.312. The molecule has 100 valence electrons. The largest absolute Gasteiger partial charge is 0.340 e. The summed E-state index contributed by atoms with van der Waals surface area (Å²) in [4.78, 5) is 15.1. The molecule has 0 aliphatic rings. The van der Waals surface area contributed by atoms with Crippen molar-refractivity contribution in [1.82, 2.24) is 10.2 Å². The molecule has 0 bridgehead atoms. The number of aromatic nitrogens is 2. The van der Waals surface area contributed by atoms with Crippen molar-refractivity contribution < 1.29 is 14.5 Å². The summed E-state index contributed by atoms with van der Waals surface area (Å²) in [5.74, 6) is 0. The van der Waals surface area contributed by atoms with E-state index in [0.29, 0.717) is 23.2 Å². The molecule has 1 N–H and O–H groups in total. The lowest BCUT2D eigenvalue weighted by Gasteiger charge is -2.17. The molecule has 0 radical (unpaired) electrons. The Labute approximate surface area is 116 Å². The zero-order valence-electron chi connectivity index (χ0n) is 10.3. The minimum Gasteiger partial charge on any atom is -0.340 e. The van der Waals surface area contributed by atoms with Gasteiger partial charge < -0.3 is 4.89 Å². The van der Waals surface area contributed by atoms with Crippen LogP contribution in [0.1, 0.15) is 6.92 Å². The molecule has 1 aromatic carbocycles. The molecule has 0 spiro atoms. The van der Waals surface area contributed by atoms with Gasteiger partial charge in [0.2, 0.25) is 6.49 Å². The van der Waals surface area contributed by atoms with E-state index in [1.165, 1.54) is 0 Å². The Bertz CT molecular complexity index is 595. The van der Waals surface area contributed by atoms with Gasteiger partial charge >= 0.3 is 0 Å². The van der Waals surface area contributed by atoms with Gasteiger partial charge in [-0.3, -0.25) is 0 Å². The Morgan fingerprint density at radius 1 is 1.26 bits per heavy atom. The van der Waals surface area contributed by atoms with E-state index in [0.717, 1.165) is 0 Å². The zero-order chi connectivity index (χ0) is 13.7. The third-order valence-corrected chi connectivity index (χ3v) is 4.41. The lowest BCUT2D eigenvalue weighted by Crippen LogP contribution is -2.11. The number of benzene rings is 1. The molecule has 2 rings (SSSR count). The molecule has 7 heteroatoms. The predicted molar refractivity (Wildman–Crippen MR) is 76.3 cm³/mol. The monoisotopic (exact) mass is 296 g/mol. The standard InChI is InChI=1S/C12H13N2O3PS/c1-2-16-17-18(15,19)12-8-4-3-6-10(12)11-7-5-9-13-14-11/h3-9H,2H2,1H3,(H,15,19). The third-order valence-electron chi connectivity index (χ3n) is 2.33. The maximum Gasteiger partial charge on any atom is 0.250 e. The molecule has 0 saturated heterocycles. The van der Waals surface area contributed by atoms with Crippen LogP contribution in [0.2, 0.25) is 0 Å². The third kappa shape index (κ3) is 3.43. The first-order chi connectivity index (χ1) is 9.15. The molecule has 1 heterocycles. The van der Waals surface area contributed by atoms with Gasteiger partial charge in [-0.2, -0.15) is 14.9 Å². The Morgan fingerprint density at radius 2 is 2.05 bits per heavy atom. The van der Waals surface area contributed by atoms with Gasteiger partial charge in [0, 0.05) is 17.1 Å². The fourth-order valence-corrected chi connectivity index (χ4v) is 3.25. The van der Waals surface area contributed by atoms with Crippen LogP contribution in [-0.4, -0.2) is 21.7 Å². The zero-order valence-corrected chi connectivity index (χ0v) is 12.0. The second-order valence-electron chi connectivity index (χ2n) is 3.63. The summed E-state index contributed by atoms with van der Waals surface area (Å²) in [6.45, 7) is -1.16. The minimum atomic E-state index is -3.22. The Morgan fingerprint density at radius 3 is 2.74 bits per heavy atom. The number of nitrogens with zero attached hydrogens (tertiary/aromatic N) is 2. The van der Waals surface area contributed by atoms with Crippen molar-refractivity contribution in [3.05, 3.63) is 42.6 Å². The average molecular weight is 296 g/mol. The second kappa shape index (κ2) is 6.32. The van der Waals surface area contributed by atoms with Gasteiger partial charge in [-0.15, -0.1) is 0 Å². The predicted octanol–water partition coefficient (Wildman–Crippen LogP) is 2.04. The van der Waals surface area contributed by atoms with Crippen LogP contribution >= 0.6 is 6.49 Å². The van der Waals surface area contributed by atoms with Gasteiger partial charge in [0.05, 0.1) is 12.3 Å². The van der Waals surface area contributed by atoms with Crippen LogP contribution in [0.4, 0.5) is 0 Å². The van der Waals surface area contributed by atoms with Crippen LogP contribution in [-0.2, 0) is 21.4 Å². The Balaban J connectivity index is 2.45. The van der Waals surface area contributed by atoms with Crippen molar-refractivity contribution in [2.45, 2.75) is 6.92 Å². The molecule has 1 atom stereocenters. The van der Waals surface area contributed by atoms with E-state index < -0.39 is 6.49 Å². The number of hydrogen-bond acceptors (Lipinski definition) is 5. The molecule has 1 aromatic heterocycles. The molecule has 0 amide bonds. The van der Waals surface area contributed by atoms with Crippen molar-refractivity contribution in [3.63, 3.8) is 0 Å². The number of hydrogen-bond donors (Lipinski definition) is 1. The molecule has 0 aliphatic heterocycles. The summed E-state index contributed by atoms with van der Waals surface area (Å²) in [5, 5.41) is 8.34. The molecule has 0 aliphatic carbocycles. The van der Waals surface area contributed by atoms with Crippen molar-refractivity contribution in [2.75, 3.05) is 6.61 Å². The van der Waals surface area contributed by atoms with Crippen LogP contribution in [0.5, 0.6) is 0 Å². The van der Waals surface area contributed by atoms with E-state index in [9.17, 15) is 4.89 Å². The molecule has 0 saturated carbocycles. The smallest absolute Gasteiger partial charge is 0.250 e. The van der Waals surface area contributed by atoms with Crippen molar-refractivity contribution >= 4 is 23.6 Å². The summed E-state index contributed by atoms with van der Waals surface area (Å²) < 4.78 is 4.96. The topological polar surface area (TPSA) is 64.5 Å². The van der Waals surface area contributed by atoms with Gasteiger partial charge in [0.1, 0.15) is 0 Å². The lowest BCUT2D eigenvalue weighted by atomic mass is 10.1. The first-order valence-corrected chi connectivity index (χ1v) is 8.34. The van der Waals surface area contributed by atoms with E-state index in [1.807, 2.05) is 12.1 Å². The van der Waals surface area contributed by atoms with Gasteiger partial charge in [-0.05, 0) is 36.9 Å². The van der Waals surface area contributed by atoms with E-state index in [-0.39, 0.29) is 0 Å². The van der Waals surface area contributed by atoms with Gasteiger partial charge in [-0.25, -0.2) is 4.89 Å². The summed E-state index contributed by atoms with van der Waals surface area (Å²) >= 11 is 5.13.